The summed E-state index contributed by atoms with van der Waals surface area (Å²) in [7, 11) is 0. The van der Waals surface area contributed by atoms with Crippen LogP contribution in [0.2, 0.25) is 0 Å². The fraction of sp³-hybridized carbons (Fsp3) is 0.0980. The number of anilines is 2. The fourth-order valence-electron chi connectivity index (χ4n) is 9.68. The van der Waals surface area contributed by atoms with Gasteiger partial charge in [-0.05, 0) is 91.5 Å². The van der Waals surface area contributed by atoms with Crippen molar-refractivity contribution in [2.45, 2.75) is 31.7 Å². The SMILES string of the molecule is CC1(C)c2ccccc2-c2c(-n3c4ccccc4c4ccc(N(c5ccccc5)C5C=c6c(c7ccccc7c7ccccc67)=CC5)cc43)cccc21. The summed E-state index contributed by atoms with van der Waals surface area (Å²) >= 11 is 0. The molecule has 1 atom stereocenters. The summed E-state index contributed by atoms with van der Waals surface area (Å²) in [6.45, 7) is 4.73. The number of benzene rings is 8. The number of para-hydroxylation sites is 2. The highest BCUT2D eigenvalue weighted by Gasteiger charge is 2.37. The zero-order valence-corrected chi connectivity index (χ0v) is 29.9. The van der Waals surface area contributed by atoms with Gasteiger partial charge in [0, 0.05) is 33.1 Å². The molecule has 0 radical (unpaired) electrons. The summed E-state index contributed by atoms with van der Waals surface area (Å²) in [5.41, 5.74) is 11.4. The van der Waals surface area contributed by atoms with Crippen molar-refractivity contribution >= 4 is 66.9 Å². The lowest BCUT2D eigenvalue weighted by Crippen LogP contribution is -2.38. The van der Waals surface area contributed by atoms with Crippen molar-refractivity contribution in [3.8, 4) is 16.8 Å². The van der Waals surface area contributed by atoms with E-state index in [4.69, 9.17) is 0 Å². The molecule has 1 heterocycles. The van der Waals surface area contributed by atoms with Gasteiger partial charge in [-0.1, -0.05) is 153 Å². The molecule has 0 fully saturated rings. The molecular formula is C51H38N2. The van der Waals surface area contributed by atoms with Gasteiger partial charge in [0.25, 0.3) is 0 Å². The third-order valence-electron chi connectivity index (χ3n) is 12.1. The van der Waals surface area contributed by atoms with Gasteiger partial charge in [0.05, 0.1) is 22.8 Å². The van der Waals surface area contributed by atoms with E-state index in [1.165, 1.54) is 93.1 Å². The summed E-state index contributed by atoms with van der Waals surface area (Å²) in [5, 5.41) is 10.5. The Hall–Kier alpha value is -6.38. The monoisotopic (exact) mass is 678 g/mol. The van der Waals surface area contributed by atoms with E-state index in [0.717, 1.165) is 6.42 Å². The molecule has 1 aromatic heterocycles. The number of hydrogen-bond donors (Lipinski definition) is 0. The quantitative estimate of drug-likeness (QED) is 0.168. The van der Waals surface area contributed by atoms with Crippen LogP contribution in [0.15, 0.2) is 164 Å². The Kier molecular flexibility index (Phi) is 6.46. The van der Waals surface area contributed by atoms with Crippen molar-refractivity contribution in [3.05, 3.63) is 185 Å². The van der Waals surface area contributed by atoms with E-state index < -0.39 is 0 Å². The van der Waals surface area contributed by atoms with E-state index in [2.05, 4.69) is 199 Å². The Morgan fingerprint density at radius 1 is 0.509 bits per heavy atom. The molecule has 0 saturated heterocycles. The number of hydrogen-bond acceptors (Lipinski definition) is 1. The van der Waals surface area contributed by atoms with Crippen LogP contribution in [0.5, 0.6) is 0 Å². The van der Waals surface area contributed by atoms with E-state index in [1.807, 2.05) is 0 Å². The lowest BCUT2D eigenvalue weighted by atomic mass is 9.82. The first kappa shape index (κ1) is 30.3. The average Bonchev–Trinajstić information content (AvgIpc) is 3.66. The molecule has 2 aliphatic carbocycles. The minimum absolute atomic E-state index is 0.0743. The zero-order valence-electron chi connectivity index (χ0n) is 29.9. The lowest BCUT2D eigenvalue weighted by Gasteiger charge is -2.33. The molecule has 0 saturated carbocycles. The van der Waals surface area contributed by atoms with Gasteiger partial charge < -0.3 is 9.47 Å². The number of rotatable bonds is 4. The minimum atomic E-state index is -0.0743. The van der Waals surface area contributed by atoms with Gasteiger partial charge in [-0.3, -0.25) is 0 Å². The van der Waals surface area contributed by atoms with Crippen molar-refractivity contribution in [2.75, 3.05) is 4.90 Å². The Morgan fingerprint density at radius 3 is 1.92 bits per heavy atom. The van der Waals surface area contributed by atoms with Crippen LogP contribution in [0.1, 0.15) is 31.4 Å². The molecular weight excluding hydrogens is 641 g/mol. The van der Waals surface area contributed by atoms with Gasteiger partial charge in [0.2, 0.25) is 0 Å². The molecule has 0 bridgehead atoms. The average molecular weight is 679 g/mol. The summed E-state index contributed by atoms with van der Waals surface area (Å²) < 4.78 is 2.53. The first-order chi connectivity index (χ1) is 26.1. The highest BCUT2D eigenvalue weighted by molar-refractivity contribution is 6.11. The van der Waals surface area contributed by atoms with Gasteiger partial charge >= 0.3 is 0 Å². The molecule has 53 heavy (non-hydrogen) atoms. The molecule has 11 rings (SSSR count). The molecule has 9 aromatic rings. The van der Waals surface area contributed by atoms with Crippen LogP contribution in [0, 0.1) is 0 Å². The topological polar surface area (TPSA) is 8.17 Å². The van der Waals surface area contributed by atoms with Gasteiger partial charge in [-0.2, -0.15) is 0 Å². The van der Waals surface area contributed by atoms with E-state index in [-0.39, 0.29) is 11.5 Å². The van der Waals surface area contributed by atoms with Crippen LogP contribution in [0.25, 0.3) is 72.3 Å². The Balaban J connectivity index is 1.17. The maximum atomic E-state index is 2.55. The van der Waals surface area contributed by atoms with Crippen molar-refractivity contribution < 1.29 is 0 Å². The van der Waals surface area contributed by atoms with Gasteiger partial charge in [-0.25, -0.2) is 0 Å². The Bertz CT molecular complexity index is 3070. The predicted octanol–water partition coefficient (Wildman–Crippen LogP) is 11.6. The van der Waals surface area contributed by atoms with Crippen molar-refractivity contribution in [1.29, 1.82) is 0 Å². The first-order valence-electron chi connectivity index (χ1n) is 18.8. The Labute approximate surface area is 309 Å². The van der Waals surface area contributed by atoms with Crippen LogP contribution in [0.3, 0.4) is 0 Å². The summed E-state index contributed by atoms with van der Waals surface area (Å²) in [6.07, 6.45) is 5.91. The molecule has 0 aliphatic heterocycles. The van der Waals surface area contributed by atoms with Gasteiger partial charge in [0.15, 0.2) is 0 Å². The maximum absolute atomic E-state index is 2.55. The third-order valence-corrected chi connectivity index (χ3v) is 12.1. The van der Waals surface area contributed by atoms with Crippen molar-refractivity contribution in [1.82, 2.24) is 4.57 Å². The molecule has 2 heteroatoms. The van der Waals surface area contributed by atoms with E-state index in [0.29, 0.717) is 0 Å². The number of fused-ring (bicyclic) bond motifs is 12. The second kappa shape index (κ2) is 11.3. The van der Waals surface area contributed by atoms with Crippen LogP contribution in [-0.2, 0) is 5.41 Å². The van der Waals surface area contributed by atoms with E-state index >= 15 is 0 Å². The highest BCUT2D eigenvalue weighted by atomic mass is 15.2. The molecule has 2 aliphatic rings. The zero-order chi connectivity index (χ0) is 35.3. The van der Waals surface area contributed by atoms with Crippen molar-refractivity contribution in [2.24, 2.45) is 0 Å². The Morgan fingerprint density at radius 2 is 1.13 bits per heavy atom. The first-order valence-corrected chi connectivity index (χ1v) is 18.8. The normalized spacial score (nSPS) is 15.5. The van der Waals surface area contributed by atoms with Gasteiger partial charge in [0.1, 0.15) is 0 Å². The second-order valence-corrected chi connectivity index (χ2v) is 15.2. The van der Waals surface area contributed by atoms with Crippen molar-refractivity contribution in [3.63, 3.8) is 0 Å². The van der Waals surface area contributed by atoms with Crippen LogP contribution in [-0.4, -0.2) is 10.6 Å². The molecule has 0 amide bonds. The fourth-order valence-corrected chi connectivity index (χ4v) is 9.68. The van der Waals surface area contributed by atoms with Crippen LogP contribution in [0.4, 0.5) is 11.4 Å². The predicted molar refractivity (Wildman–Crippen MR) is 225 cm³/mol. The van der Waals surface area contributed by atoms with Crippen LogP contribution >= 0.6 is 0 Å². The van der Waals surface area contributed by atoms with E-state index in [1.54, 1.807) is 0 Å². The molecule has 0 spiro atoms. The standard InChI is InChI=1S/C51H38N2/c1-51(2)45-23-12-10-22-43(45)50-46(51)24-14-26-48(50)53-47-25-13-11-21-41(47)42-30-28-35(32-49(42)53)52(33-15-4-3-5-16-33)34-27-29-40-38-19-7-6-17-36(38)37-18-8-9-20-39(37)44(40)31-34/h3-26,28-32,34H,27H2,1-2H3. The summed E-state index contributed by atoms with van der Waals surface area (Å²) in [5.74, 6) is 0. The molecule has 1 unspecified atom stereocenters. The van der Waals surface area contributed by atoms with Gasteiger partial charge in [-0.15, -0.1) is 0 Å². The molecule has 252 valence electrons. The number of nitrogens with zero attached hydrogens (tertiary/aromatic N) is 2. The number of aromatic nitrogens is 1. The smallest absolute Gasteiger partial charge is 0.0566 e. The largest absolute Gasteiger partial charge is 0.334 e. The lowest BCUT2D eigenvalue weighted by molar-refractivity contribution is 0.660. The molecule has 0 N–H and O–H groups in total. The minimum Gasteiger partial charge on any atom is -0.334 e. The second-order valence-electron chi connectivity index (χ2n) is 15.2. The maximum Gasteiger partial charge on any atom is 0.0566 e. The van der Waals surface area contributed by atoms with E-state index in [9.17, 15) is 0 Å². The molecule has 8 aromatic carbocycles. The highest BCUT2D eigenvalue weighted by Crippen LogP contribution is 2.52. The van der Waals surface area contributed by atoms with Crippen LogP contribution < -0.4 is 15.3 Å². The molecule has 2 nitrogen and oxygen atoms in total. The summed E-state index contributed by atoms with van der Waals surface area (Å²) in [4.78, 5) is 2.55. The summed E-state index contributed by atoms with van der Waals surface area (Å²) in [6, 6.07) is 60.8. The third kappa shape index (κ3) is 4.33.